The number of carbonyl (C=O) groups excluding carboxylic acids is 1. The van der Waals surface area contributed by atoms with Crippen molar-refractivity contribution in [2.75, 3.05) is 13.1 Å². The molecule has 0 bridgehead atoms. The summed E-state index contributed by atoms with van der Waals surface area (Å²) in [6, 6.07) is 0. The first-order valence-electron chi connectivity index (χ1n) is 7.24. The second-order valence-electron chi connectivity index (χ2n) is 7.40. The molecule has 2 aliphatic rings. The van der Waals surface area contributed by atoms with Crippen molar-refractivity contribution in [3.8, 4) is 0 Å². The smallest absolute Gasteiger partial charge is 0.307 e. The fourth-order valence-electron chi connectivity index (χ4n) is 3.09. The van der Waals surface area contributed by atoms with Crippen LogP contribution in [0.3, 0.4) is 0 Å². The van der Waals surface area contributed by atoms with E-state index in [0.717, 1.165) is 38.8 Å². The SMILES string of the molecule is CC(C)(C)CCC(=O)N1CCC2(CC1)CC2C(=O)O. The first-order chi connectivity index (χ1) is 8.73. The van der Waals surface area contributed by atoms with E-state index in [0.29, 0.717) is 6.42 Å². The zero-order chi connectivity index (χ0) is 14.3. The van der Waals surface area contributed by atoms with Gasteiger partial charge in [0.2, 0.25) is 5.91 Å². The van der Waals surface area contributed by atoms with Crippen molar-refractivity contribution in [2.24, 2.45) is 16.7 Å². The topological polar surface area (TPSA) is 57.6 Å². The van der Waals surface area contributed by atoms with Gasteiger partial charge in [-0.1, -0.05) is 20.8 Å². The molecule has 0 aromatic heterocycles. The van der Waals surface area contributed by atoms with E-state index in [1.54, 1.807) is 0 Å². The summed E-state index contributed by atoms with van der Waals surface area (Å²) in [5.41, 5.74) is 0.213. The summed E-state index contributed by atoms with van der Waals surface area (Å²) >= 11 is 0. The molecule has 0 radical (unpaired) electrons. The minimum atomic E-state index is -0.660. The maximum atomic E-state index is 12.1. The third kappa shape index (κ3) is 3.28. The van der Waals surface area contributed by atoms with Gasteiger partial charge in [0.15, 0.2) is 0 Å². The van der Waals surface area contributed by atoms with Crippen LogP contribution >= 0.6 is 0 Å². The van der Waals surface area contributed by atoms with Gasteiger partial charge in [0.05, 0.1) is 5.92 Å². The van der Waals surface area contributed by atoms with Gasteiger partial charge in [0.25, 0.3) is 0 Å². The Morgan fingerprint density at radius 3 is 2.26 bits per heavy atom. The van der Waals surface area contributed by atoms with Gasteiger partial charge in [-0.2, -0.15) is 0 Å². The molecule has 1 N–H and O–H groups in total. The van der Waals surface area contributed by atoms with Gasteiger partial charge in [-0.3, -0.25) is 9.59 Å². The molecular formula is C15H25NO3. The predicted molar refractivity (Wildman–Crippen MR) is 72.7 cm³/mol. The Morgan fingerprint density at radius 2 is 1.84 bits per heavy atom. The molecule has 1 amide bonds. The number of hydrogen-bond acceptors (Lipinski definition) is 2. The van der Waals surface area contributed by atoms with E-state index in [-0.39, 0.29) is 22.7 Å². The highest BCUT2D eigenvalue weighted by atomic mass is 16.4. The summed E-state index contributed by atoms with van der Waals surface area (Å²) in [6.45, 7) is 7.92. The Kier molecular flexibility index (Phi) is 3.63. The molecule has 0 aromatic carbocycles. The average molecular weight is 267 g/mol. The zero-order valence-electron chi connectivity index (χ0n) is 12.2. The van der Waals surface area contributed by atoms with Crippen LogP contribution in [0.2, 0.25) is 0 Å². The van der Waals surface area contributed by atoms with E-state index in [9.17, 15) is 9.59 Å². The van der Waals surface area contributed by atoms with Crippen LogP contribution in [0.4, 0.5) is 0 Å². The van der Waals surface area contributed by atoms with Gasteiger partial charge in [-0.15, -0.1) is 0 Å². The standard InChI is InChI=1S/C15H25NO3/c1-14(2,3)5-4-12(17)16-8-6-15(7-9-16)10-11(15)13(18)19/h11H,4-10H2,1-3H3,(H,18,19). The molecule has 4 nitrogen and oxygen atoms in total. The van der Waals surface area contributed by atoms with Crippen LogP contribution in [0.5, 0.6) is 0 Å². The average Bonchev–Trinajstić information content (AvgIpc) is 3.01. The Bertz CT molecular complexity index is 375. The molecule has 1 saturated carbocycles. The summed E-state index contributed by atoms with van der Waals surface area (Å²) in [5, 5.41) is 9.04. The van der Waals surface area contributed by atoms with E-state index in [1.807, 2.05) is 4.90 Å². The first kappa shape index (κ1) is 14.4. The summed E-state index contributed by atoms with van der Waals surface area (Å²) in [4.78, 5) is 25.0. The zero-order valence-corrected chi connectivity index (χ0v) is 12.2. The van der Waals surface area contributed by atoms with Gasteiger partial charge in [0.1, 0.15) is 0 Å². The number of amides is 1. The van der Waals surface area contributed by atoms with Gasteiger partial charge in [-0.05, 0) is 36.5 Å². The summed E-state index contributed by atoms with van der Waals surface area (Å²) in [5.74, 6) is -0.580. The van der Waals surface area contributed by atoms with Gasteiger partial charge < -0.3 is 10.0 Å². The van der Waals surface area contributed by atoms with Crippen molar-refractivity contribution >= 4 is 11.9 Å². The van der Waals surface area contributed by atoms with Crippen molar-refractivity contribution in [3.05, 3.63) is 0 Å². The van der Waals surface area contributed by atoms with Crippen LogP contribution in [-0.2, 0) is 9.59 Å². The van der Waals surface area contributed by atoms with E-state index in [1.165, 1.54) is 0 Å². The van der Waals surface area contributed by atoms with Crippen molar-refractivity contribution < 1.29 is 14.7 Å². The first-order valence-corrected chi connectivity index (χ1v) is 7.24. The molecule has 19 heavy (non-hydrogen) atoms. The molecule has 0 aromatic rings. The maximum Gasteiger partial charge on any atom is 0.307 e. The molecule has 1 saturated heterocycles. The Morgan fingerprint density at radius 1 is 1.26 bits per heavy atom. The van der Waals surface area contributed by atoms with E-state index in [2.05, 4.69) is 20.8 Å². The molecule has 4 heteroatoms. The molecule has 2 fully saturated rings. The highest BCUT2D eigenvalue weighted by molar-refractivity contribution is 5.77. The highest BCUT2D eigenvalue weighted by Crippen LogP contribution is 2.59. The Hall–Kier alpha value is -1.06. The minimum Gasteiger partial charge on any atom is -0.481 e. The number of carboxylic acids is 1. The number of hydrogen-bond donors (Lipinski definition) is 1. The van der Waals surface area contributed by atoms with E-state index >= 15 is 0 Å². The molecule has 1 aliphatic heterocycles. The van der Waals surface area contributed by atoms with Crippen LogP contribution in [0.1, 0.15) is 52.9 Å². The van der Waals surface area contributed by atoms with Crippen molar-refractivity contribution in [2.45, 2.75) is 52.9 Å². The lowest BCUT2D eigenvalue weighted by atomic mass is 9.88. The molecule has 2 rings (SSSR count). The number of piperidine rings is 1. The lowest BCUT2D eigenvalue weighted by Crippen LogP contribution is -2.40. The lowest BCUT2D eigenvalue weighted by molar-refractivity contribution is -0.140. The monoisotopic (exact) mass is 267 g/mol. The van der Waals surface area contributed by atoms with Crippen LogP contribution in [-0.4, -0.2) is 35.0 Å². The third-order valence-electron chi connectivity index (χ3n) is 4.69. The van der Waals surface area contributed by atoms with Crippen LogP contribution in [0.25, 0.3) is 0 Å². The number of likely N-dealkylation sites (tertiary alicyclic amines) is 1. The normalized spacial score (nSPS) is 25.4. The molecule has 1 aliphatic carbocycles. The molecular weight excluding hydrogens is 242 g/mol. The van der Waals surface area contributed by atoms with Crippen LogP contribution < -0.4 is 0 Å². The van der Waals surface area contributed by atoms with Crippen LogP contribution in [0.15, 0.2) is 0 Å². The summed E-state index contributed by atoms with van der Waals surface area (Å²) < 4.78 is 0. The van der Waals surface area contributed by atoms with Crippen molar-refractivity contribution in [1.29, 1.82) is 0 Å². The number of rotatable bonds is 3. The molecule has 108 valence electrons. The van der Waals surface area contributed by atoms with Crippen LogP contribution in [0, 0.1) is 16.7 Å². The van der Waals surface area contributed by atoms with Gasteiger partial charge >= 0.3 is 5.97 Å². The van der Waals surface area contributed by atoms with Gasteiger partial charge in [-0.25, -0.2) is 0 Å². The third-order valence-corrected chi connectivity index (χ3v) is 4.69. The van der Waals surface area contributed by atoms with Gasteiger partial charge in [0, 0.05) is 19.5 Å². The number of carbonyl (C=O) groups is 2. The van der Waals surface area contributed by atoms with Crippen molar-refractivity contribution in [3.63, 3.8) is 0 Å². The maximum absolute atomic E-state index is 12.1. The molecule has 1 heterocycles. The molecule has 1 unspecified atom stereocenters. The largest absolute Gasteiger partial charge is 0.481 e. The fraction of sp³-hybridized carbons (Fsp3) is 0.867. The molecule has 1 spiro atoms. The number of nitrogens with zero attached hydrogens (tertiary/aromatic N) is 1. The fourth-order valence-corrected chi connectivity index (χ4v) is 3.09. The minimum absolute atomic E-state index is 0.0205. The molecule has 1 atom stereocenters. The predicted octanol–water partition coefficient (Wildman–Crippen LogP) is 2.53. The van der Waals surface area contributed by atoms with E-state index in [4.69, 9.17) is 5.11 Å². The lowest BCUT2D eigenvalue weighted by Gasteiger charge is -2.33. The number of carboxylic acid groups (broad SMARTS) is 1. The van der Waals surface area contributed by atoms with Crippen molar-refractivity contribution in [1.82, 2.24) is 4.90 Å². The Balaban J connectivity index is 1.78. The number of aliphatic carboxylic acids is 1. The quantitative estimate of drug-likeness (QED) is 0.855. The Labute approximate surface area is 115 Å². The summed E-state index contributed by atoms with van der Waals surface area (Å²) in [6.07, 6.45) is 4.06. The summed E-state index contributed by atoms with van der Waals surface area (Å²) in [7, 11) is 0. The van der Waals surface area contributed by atoms with E-state index < -0.39 is 5.97 Å². The second-order valence-corrected chi connectivity index (χ2v) is 7.40. The second kappa shape index (κ2) is 4.80. The highest BCUT2D eigenvalue weighted by Gasteiger charge is 2.59.